The monoisotopic (exact) mass is 233 g/mol. The average molecular weight is 233 g/mol. The molecule has 0 aromatic carbocycles. The first-order valence-corrected chi connectivity index (χ1v) is 5.62. The molecule has 17 heavy (non-hydrogen) atoms. The van der Waals surface area contributed by atoms with E-state index in [4.69, 9.17) is 5.73 Å². The highest BCUT2D eigenvalue weighted by Crippen LogP contribution is 2.34. The average Bonchev–Trinajstić information content (AvgIpc) is 2.69. The Bertz CT molecular complexity index is 522. The summed E-state index contributed by atoms with van der Waals surface area (Å²) in [4.78, 5) is 0. The van der Waals surface area contributed by atoms with Gasteiger partial charge < -0.3 is 5.73 Å². The Morgan fingerprint density at radius 3 is 2.35 bits per heavy atom. The first kappa shape index (κ1) is 11.7. The normalized spacial score (nSPS) is 12.1. The zero-order valence-electron chi connectivity index (χ0n) is 11.0. The molecule has 5 heteroatoms. The fourth-order valence-corrected chi connectivity index (χ4v) is 2.00. The molecule has 0 fully saturated rings. The maximum Gasteiger partial charge on any atom is 0.0943 e. The van der Waals surface area contributed by atoms with Crippen molar-refractivity contribution in [1.29, 1.82) is 0 Å². The van der Waals surface area contributed by atoms with Crippen LogP contribution in [0.2, 0.25) is 0 Å². The van der Waals surface area contributed by atoms with Gasteiger partial charge in [0.15, 0.2) is 0 Å². The number of aryl methyl sites for hydroxylation is 2. The zero-order valence-corrected chi connectivity index (χ0v) is 11.0. The van der Waals surface area contributed by atoms with Crippen LogP contribution in [0.1, 0.15) is 26.5 Å². The van der Waals surface area contributed by atoms with Gasteiger partial charge in [-0.05, 0) is 0 Å². The van der Waals surface area contributed by atoms with Crippen molar-refractivity contribution < 1.29 is 0 Å². The van der Waals surface area contributed by atoms with E-state index in [-0.39, 0.29) is 5.41 Å². The van der Waals surface area contributed by atoms with Crippen LogP contribution < -0.4 is 5.73 Å². The molecule has 0 aliphatic rings. The van der Waals surface area contributed by atoms with Gasteiger partial charge in [0.2, 0.25) is 0 Å². The zero-order chi connectivity index (χ0) is 12.8. The van der Waals surface area contributed by atoms with Crippen LogP contribution in [0.25, 0.3) is 11.3 Å². The molecular formula is C12H19N5. The fraction of sp³-hybridized carbons (Fsp3) is 0.500. The number of rotatable bonds is 1. The van der Waals surface area contributed by atoms with Gasteiger partial charge in [-0.25, -0.2) is 0 Å². The van der Waals surface area contributed by atoms with Crippen molar-refractivity contribution in [1.82, 2.24) is 19.6 Å². The van der Waals surface area contributed by atoms with Gasteiger partial charge >= 0.3 is 0 Å². The van der Waals surface area contributed by atoms with Crippen molar-refractivity contribution >= 4 is 5.69 Å². The quantitative estimate of drug-likeness (QED) is 0.815. The molecule has 0 saturated heterocycles. The molecule has 0 radical (unpaired) electrons. The Labute approximate surface area is 101 Å². The van der Waals surface area contributed by atoms with Crippen molar-refractivity contribution in [3.05, 3.63) is 18.1 Å². The van der Waals surface area contributed by atoms with Gasteiger partial charge in [0, 0.05) is 31.3 Å². The molecule has 0 spiro atoms. The first-order valence-electron chi connectivity index (χ1n) is 5.62. The highest BCUT2D eigenvalue weighted by molar-refractivity contribution is 5.74. The lowest BCUT2D eigenvalue weighted by Gasteiger charge is -2.17. The third kappa shape index (κ3) is 1.92. The molecule has 0 unspecified atom stereocenters. The van der Waals surface area contributed by atoms with Gasteiger partial charge in [0.1, 0.15) is 0 Å². The summed E-state index contributed by atoms with van der Waals surface area (Å²) in [6.45, 7) is 6.43. The highest BCUT2D eigenvalue weighted by Gasteiger charge is 2.25. The van der Waals surface area contributed by atoms with Crippen LogP contribution in [0.4, 0.5) is 5.69 Å². The maximum absolute atomic E-state index is 5.97. The number of nitrogens with zero attached hydrogens (tertiary/aromatic N) is 4. The standard InChI is InChI=1S/C12H19N5/c1-12(2,3)11-8(7-16(4)15-11)10-9(13)6-14-17(10)5/h6-7H,13H2,1-5H3. The van der Waals surface area contributed by atoms with E-state index in [1.165, 1.54) is 0 Å². The van der Waals surface area contributed by atoms with Crippen LogP contribution in [0.15, 0.2) is 12.4 Å². The highest BCUT2D eigenvalue weighted by atomic mass is 15.3. The molecule has 2 rings (SSSR count). The van der Waals surface area contributed by atoms with E-state index >= 15 is 0 Å². The molecule has 0 atom stereocenters. The fourth-order valence-electron chi connectivity index (χ4n) is 2.00. The van der Waals surface area contributed by atoms with Crippen LogP contribution in [0, 0.1) is 0 Å². The van der Waals surface area contributed by atoms with Crippen LogP contribution in [-0.2, 0) is 19.5 Å². The minimum absolute atomic E-state index is 0.0205. The molecule has 92 valence electrons. The molecule has 0 aliphatic carbocycles. The largest absolute Gasteiger partial charge is 0.396 e. The second kappa shape index (κ2) is 3.61. The molecule has 0 bridgehead atoms. The second-order valence-corrected chi connectivity index (χ2v) is 5.39. The number of nitrogens with two attached hydrogens (primary N) is 1. The summed E-state index contributed by atoms with van der Waals surface area (Å²) in [6.07, 6.45) is 3.67. The number of anilines is 1. The van der Waals surface area contributed by atoms with E-state index in [1.54, 1.807) is 10.9 Å². The summed E-state index contributed by atoms with van der Waals surface area (Å²) in [5.74, 6) is 0. The molecule has 0 aliphatic heterocycles. The molecule has 2 aromatic heterocycles. The molecular weight excluding hydrogens is 214 g/mol. The number of aromatic nitrogens is 4. The van der Waals surface area contributed by atoms with Gasteiger partial charge in [-0.15, -0.1) is 0 Å². The maximum atomic E-state index is 5.97. The summed E-state index contributed by atoms with van der Waals surface area (Å²) < 4.78 is 3.62. The Hall–Kier alpha value is -1.78. The van der Waals surface area contributed by atoms with Gasteiger partial charge in [-0.1, -0.05) is 20.8 Å². The van der Waals surface area contributed by atoms with Crippen molar-refractivity contribution in [2.45, 2.75) is 26.2 Å². The topological polar surface area (TPSA) is 61.7 Å². The lowest BCUT2D eigenvalue weighted by Crippen LogP contribution is -2.14. The van der Waals surface area contributed by atoms with E-state index in [0.717, 1.165) is 17.0 Å². The van der Waals surface area contributed by atoms with E-state index in [0.29, 0.717) is 5.69 Å². The molecule has 2 heterocycles. The van der Waals surface area contributed by atoms with Gasteiger partial charge in [0.05, 0.1) is 23.3 Å². The number of hydrogen-bond donors (Lipinski definition) is 1. The van der Waals surface area contributed by atoms with Crippen LogP contribution in [-0.4, -0.2) is 19.6 Å². The Morgan fingerprint density at radius 1 is 1.24 bits per heavy atom. The summed E-state index contributed by atoms with van der Waals surface area (Å²) in [5.41, 5.74) is 9.66. The Balaban J connectivity index is 2.68. The number of nitrogen functional groups attached to an aromatic ring is 1. The lowest BCUT2D eigenvalue weighted by atomic mass is 9.88. The molecule has 0 amide bonds. The van der Waals surface area contributed by atoms with Crippen LogP contribution in [0.3, 0.4) is 0 Å². The lowest BCUT2D eigenvalue weighted by molar-refractivity contribution is 0.553. The summed E-state index contributed by atoms with van der Waals surface area (Å²) in [5, 5.41) is 8.72. The summed E-state index contributed by atoms with van der Waals surface area (Å²) in [7, 11) is 3.82. The van der Waals surface area contributed by atoms with Gasteiger partial charge in [-0.2, -0.15) is 10.2 Å². The predicted octanol–water partition coefficient (Wildman–Crippen LogP) is 1.70. The van der Waals surface area contributed by atoms with E-state index in [1.807, 2.05) is 25.0 Å². The van der Waals surface area contributed by atoms with E-state index in [2.05, 4.69) is 31.0 Å². The van der Waals surface area contributed by atoms with E-state index < -0.39 is 0 Å². The van der Waals surface area contributed by atoms with E-state index in [9.17, 15) is 0 Å². The number of hydrogen-bond acceptors (Lipinski definition) is 3. The van der Waals surface area contributed by atoms with Gasteiger partial charge in [0.25, 0.3) is 0 Å². The second-order valence-electron chi connectivity index (χ2n) is 5.39. The molecule has 2 aromatic rings. The molecule has 2 N–H and O–H groups in total. The predicted molar refractivity (Wildman–Crippen MR) is 68.5 cm³/mol. The molecule has 5 nitrogen and oxygen atoms in total. The first-order chi connectivity index (χ1) is 7.80. The van der Waals surface area contributed by atoms with Crippen LogP contribution >= 0.6 is 0 Å². The van der Waals surface area contributed by atoms with Crippen LogP contribution in [0.5, 0.6) is 0 Å². The Kier molecular flexibility index (Phi) is 2.49. The molecule has 0 saturated carbocycles. The van der Waals surface area contributed by atoms with Crippen molar-refractivity contribution in [3.8, 4) is 11.3 Å². The minimum atomic E-state index is -0.0205. The Morgan fingerprint density at radius 2 is 1.88 bits per heavy atom. The van der Waals surface area contributed by atoms with Gasteiger partial charge in [-0.3, -0.25) is 9.36 Å². The summed E-state index contributed by atoms with van der Waals surface area (Å²) >= 11 is 0. The smallest absolute Gasteiger partial charge is 0.0943 e. The van der Waals surface area contributed by atoms with Crippen molar-refractivity contribution in [2.75, 3.05) is 5.73 Å². The SMILES string of the molecule is Cn1cc(-c2c(N)cnn2C)c(C(C)(C)C)n1. The summed E-state index contributed by atoms with van der Waals surface area (Å²) in [6, 6.07) is 0. The van der Waals surface area contributed by atoms with Crippen molar-refractivity contribution in [2.24, 2.45) is 14.1 Å². The third-order valence-electron chi connectivity index (χ3n) is 2.76. The third-order valence-corrected chi connectivity index (χ3v) is 2.76. The van der Waals surface area contributed by atoms with Crippen molar-refractivity contribution in [3.63, 3.8) is 0 Å². The minimum Gasteiger partial charge on any atom is -0.396 e.